The second-order valence-electron chi connectivity index (χ2n) is 4.65. The Morgan fingerprint density at radius 1 is 1.42 bits per heavy atom. The van der Waals surface area contributed by atoms with Gasteiger partial charge >= 0.3 is 5.97 Å². The molecule has 0 aliphatic carbocycles. The Morgan fingerprint density at radius 2 is 2.12 bits per heavy atom. The topological polar surface area (TPSA) is 76.1 Å². The highest BCUT2D eigenvalue weighted by Crippen LogP contribution is 2.37. The smallest absolute Gasteiger partial charge is 0.340 e. The maximum Gasteiger partial charge on any atom is 0.340 e. The Bertz CT molecular complexity index is 757. The van der Waals surface area contributed by atoms with Crippen LogP contribution in [0.25, 0.3) is 6.08 Å². The number of carbonyl (C=O) groups is 2. The minimum atomic E-state index is -1.18. The normalized spacial score (nSPS) is 15.8. The van der Waals surface area contributed by atoms with E-state index in [9.17, 15) is 14.7 Å². The molecule has 1 fully saturated rings. The molecule has 0 unspecified atom stereocenters. The molecule has 24 heavy (non-hydrogen) atoms. The predicted molar refractivity (Wildman–Crippen MR) is 96.6 cm³/mol. The third kappa shape index (κ3) is 3.29. The van der Waals surface area contributed by atoms with Crippen LogP contribution in [-0.4, -0.2) is 47.0 Å². The molecule has 0 bridgehead atoms. The Morgan fingerprint density at radius 3 is 2.67 bits per heavy atom. The van der Waals surface area contributed by atoms with Gasteiger partial charge in [-0.15, -0.1) is 6.58 Å². The average Bonchev–Trinajstić information content (AvgIpc) is 2.81. The quantitative estimate of drug-likeness (QED) is 0.472. The van der Waals surface area contributed by atoms with E-state index in [4.69, 9.17) is 21.7 Å². The summed E-state index contributed by atoms with van der Waals surface area (Å²) in [5, 5.41) is 9.52. The highest BCUT2D eigenvalue weighted by atomic mass is 32.2. The molecule has 1 amide bonds. The molecule has 0 atom stereocenters. The van der Waals surface area contributed by atoms with Gasteiger partial charge in [0.05, 0.1) is 19.1 Å². The van der Waals surface area contributed by atoms with Crippen molar-refractivity contribution in [3.8, 4) is 11.5 Å². The molecule has 8 heteroatoms. The number of carbonyl (C=O) groups excluding carboxylic acids is 1. The number of rotatable bonds is 6. The van der Waals surface area contributed by atoms with Crippen LogP contribution >= 0.6 is 24.0 Å². The first-order chi connectivity index (χ1) is 11.4. The molecule has 1 aliphatic heterocycles. The minimum Gasteiger partial charge on any atom is -0.493 e. The molecule has 1 aromatic rings. The molecular weight excluding hydrogens is 350 g/mol. The second-order valence-corrected chi connectivity index (χ2v) is 6.33. The van der Waals surface area contributed by atoms with Gasteiger partial charge < -0.3 is 14.6 Å². The van der Waals surface area contributed by atoms with Crippen LogP contribution in [-0.2, 0) is 4.79 Å². The molecule has 0 spiro atoms. The van der Waals surface area contributed by atoms with Crippen LogP contribution in [0.3, 0.4) is 0 Å². The van der Waals surface area contributed by atoms with Crippen molar-refractivity contribution >= 4 is 46.3 Å². The van der Waals surface area contributed by atoms with Gasteiger partial charge in [0.25, 0.3) is 5.91 Å². The predicted octanol–water partition coefficient (Wildman–Crippen LogP) is 2.79. The van der Waals surface area contributed by atoms with Gasteiger partial charge in [-0.2, -0.15) is 0 Å². The van der Waals surface area contributed by atoms with Gasteiger partial charge in [-0.3, -0.25) is 9.69 Å². The SMILES string of the molecule is C=CCN1C(=O)/C(=C/c2ccc(OC)c(OC)c2C(=O)O)SC1=S. The number of aromatic carboxylic acids is 1. The first kappa shape index (κ1) is 18.0. The zero-order valence-electron chi connectivity index (χ0n) is 13.1. The summed E-state index contributed by atoms with van der Waals surface area (Å²) in [6.07, 6.45) is 3.07. The summed E-state index contributed by atoms with van der Waals surface area (Å²) < 4.78 is 10.7. The zero-order valence-corrected chi connectivity index (χ0v) is 14.7. The van der Waals surface area contributed by atoms with Gasteiger partial charge in [0.2, 0.25) is 0 Å². The molecule has 1 aliphatic rings. The van der Waals surface area contributed by atoms with E-state index in [1.807, 2.05) is 0 Å². The van der Waals surface area contributed by atoms with Crippen molar-refractivity contribution in [3.63, 3.8) is 0 Å². The molecule has 2 rings (SSSR count). The summed E-state index contributed by atoms with van der Waals surface area (Å²) in [7, 11) is 2.78. The molecule has 1 aromatic carbocycles. The number of nitrogens with zero attached hydrogens (tertiary/aromatic N) is 1. The molecule has 0 radical (unpaired) electrons. The van der Waals surface area contributed by atoms with Crippen molar-refractivity contribution in [1.29, 1.82) is 0 Å². The average molecular weight is 365 g/mol. The maximum atomic E-state index is 12.4. The summed E-state index contributed by atoms with van der Waals surface area (Å²) in [4.78, 5) is 25.8. The summed E-state index contributed by atoms with van der Waals surface area (Å²) in [6, 6.07) is 3.15. The van der Waals surface area contributed by atoms with Gasteiger partial charge in [0, 0.05) is 6.54 Å². The van der Waals surface area contributed by atoms with E-state index in [1.165, 1.54) is 25.2 Å². The minimum absolute atomic E-state index is 0.0779. The van der Waals surface area contributed by atoms with Crippen molar-refractivity contribution < 1.29 is 24.2 Å². The summed E-state index contributed by atoms with van der Waals surface area (Å²) in [5.41, 5.74) is 0.255. The molecule has 1 saturated heterocycles. The van der Waals surface area contributed by atoms with E-state index in [2.05, 4.69) is 6.58 Å². The Balaban J connectivity index is 2.54. The molecular formula is C16H15NO5S2. The van der Waals surface area contributed by atoms with E-state index < -0.39 is 5.97 Å². The van der Waals surface area contributed by atoms with E-state index >= 15 is 0 Å². The van der Waals surface area contributed by atoms with Crippen molar-refractivity contribution in [2.24, 2.45) is 0 Å². The van der Waals surface area contributed by atoms with Gasteiger partial charge in [-0.05, 0) is 17.7 Å². The van der Waals surface area contributed by atoms with Crippen LogP contribution in [0.2, 0.25) is 0 Å². The van der Waals surface area contributed by atoms with Crippen LogP contribution in [0.4, 0.5) is 0 Å². The monoisotopic (exact) mass is 365 g/mol. The fraction of sp³-hybridized carbons (Fsp3) is 0.188. The first-order valence-corrected chi connectivity index (χ1v) is 8.01. The van der Waals surface area contributed by atoms with E-state index in [1.54, 1.807) is 18.2 Å². The second kappa shape index (κ2) is 7.50. The molecule has 0 aromatic heterocycles. The lowest BCUT2D eigenvalue weighted by atomic mass is 10.0. The van der Waals surface area contributed by atoms with Crippen LogP contribution in [0, 0.1) is 0 Å². The van der Waals surface area contributed by atoms with Gasteiger partial charge in [0.15, 0.2) is 11.5 Å². The van der Waals surface area contributed by atoms with Crippen molar-refractivity contribution in [2.45, 2.75) is 0 Å². The van der Waals surface area contributed by atoms with Crippen molar-refractivity contribution in [1.82, 2.24) is 4.90 Å². The Hall–Kier alpha value is -2.32. The Kier molecular flexibility index (Phi) is 5.63. The largest absolute Gasteiger partial charge is 0.493 e. The lowest BCUT2D eigenvalue weighted by Gasteiger charge is -2.13. The molecule has 1 heterocycles. The number of thiocarbonyl (C=S) groups is 1. The number of amides is 1. The summed E-state index contributed by atoms with van der Waals surface area (Å²) >= 11 is 6.28. The number of thioether (sulfide) groups is 1. The Labute approximate surface area is 148 Å². The van der Waals surface area contributed by atoms with Crippen LogP contribution in [0.15, 0.2) is 29.7 Å². The number of carboxylic acid groups (broad SMARTS) is 1. The molecule has 0 saturated carbocycles. The summed E-state index contributed by atoms with van der Waals surface area (Å²) in [5.74, 6) is -1.07. The van der Waals surface area contributed by atoms with Crippen LogP contribution < -0.4 is 9.47 Å². The van der Waals surface area contributed by atoms with Crippen molar-refractivity contribution in [2.75, 3.05) is 20.8 Å². The standard InChI is InChI=1S/C16H15NO5S2/c1-4-7-17-14(18)11(24-16(17)23)8-9-5-6-10(21-2)13(22-3)12(9)15(19)20/h4-6,8H,1,7H2,2-3H3,(H,19,20)/b11-8-. The molecule has 1 N–H and O–H groups in total. The van der Waals surface area contributed by atoms with Gasteiger partial charge in [-0.25, -0.2) is 4.79 Å². The van der Waals surface area contributed by atoms with Gasteiger partial charge in [0.1, 0.15) is 9.88 Å². The highest BCUT2D eigenvalue weighted by molar-refractivity contribution is 8.26. The van der Waals surface area contributed by atoms with Gasteiger partial charge in [-0.1, -0.05) is 36.1 Å². The number of methoxy groups -OCH3 is 2. The number of ether oxygens (including phenoxy) is 2. The third-order valence-corrected chi connectivity index (χ3v) is 4.64. The number of benzene rings is 1. The van der Waals surface area contributed by atoms with Crippen LogP contribution in [0.1, 0.15) is 15.9 Å². The number of carboxylic acids is 1. The maximum absolute atomic E-state index is 12.4. The molecule has 6 nitrogen and oxygen atoms in total. The fourth-order valence-corrected chi connectivity index (χ4v) is 3.48. The third-order valence-electron chi connectivity index (χ3n) is 3.26. The molecule has 126 valence electrons. The van der Waals surface area contributed by atoms with Crippen LogP contribution in [0.5, 0.6) is 11.5 Å². The zero-order chi connectivity index (χ0) is 17.9. The lowest BCUT2D eigenvalue weighted by molar-refractivity contribution is -0.121. The summed E-state index contributed by atoms with van der Waals surface area (Å²) in [6.45, 7) is 3.90. The number of hydrogen-bond donors (Lipinski definition) is 1. The van der Waals surface area contributed by atoms with E-state index in [0.717, 1.165) is 11.8 Å². The van der Waals surface area contributed by atoms with Crippen molar-refractivity contribution in [3.05, 3.63) is 40.8 Å². The van der Waals surface area contributed by atoms with E-state index in [-0.39, 0.29) is 17.2 Å². The first-order valence-electron chi connectivity index (χ1n) is 6.79. The highest BCUT2D eigenvalue weighted by Gasteiger charge is 2.32. The van der Waals surface area contributed by atoms with E-state index in [0.29, 0.717) is 27.1 Å². The number of hydrogen-bond acceptors (Lipinski definition) is 6. The lowest BCUT2D eigenvalue weighted by Crippen LogP contribution is -2.27. The fourth-order valence-electron chi connectivity index (χ4n) is 2.21.